The maximum Gasteiger partial charge on any atom is 0.153 e. The van der Waals surface area contributed by atoms with Crippen molar-refractivity contribution in [3.05, 3.63) is 35.6 Å². The van der Waals surface area contributed by atoms with Crippen LogP contribution in [0.3, 0.4) is 0 Å². The van der Waals surface area contributed by atoms with E-state index in [2.05, 4.69) is 5.32 Å². The minimum absolute atomic E-state index is 0.00222. The van der Waals surface area contributed by atoms with Crippen molar-refractivity contribution < 1.29 is 9.18 Å². The molecule has 0 radical (unpaired) electrons. The zero-order valence-electron chi connectivity index (χ0n) is 8.38. The Morgan fingerprint density at radius 1 is 1.50 bits per heavy atom. The summed E-state index contributed by atoms with van der Waals surface area (Å²) in [5, 5.41) is 2.83. The molecule has 1 rings (SSSR count). The number of benzene rings is 1. The second kappa shape index (κ2) is 4.86. The van der Waals surface area contributed by atoms with E-state index >= 15 is 0 Å². The van der Waals surface area contributed by atoms with Gasteiger partial charge in [-0.05, 0) is 25.6 Å². The average Bonchev–Trinajstić information content (AvgIpc) is 2.20. The molecule has 14 heavy (non-hydrogen) atoms. The maximum absolute atomic E-state index is 13.1. The molecule has 0 heterocycles. The third kappa shape index (κ3) is 2.64. The molecule has 1 aromatic rings. The van der Waals surface area contributed by atoms with Gasteiger partial charge < -0.3 is 5.32 Å². The summed E-state index contributed by atoms with van der Waals surface area (Å²) >= 11 is 0. The second-order valence-corrected chi connectivity index (χ2v) is 3.24. The molecule has 1 unspecified atom stereocenters. The molecule has 0 amide bonds. The minimum Gasteiger partial charge on any atom is -0.311 e. The Balaban J connectivity index is 2.70. The molecular weight excluding hydrogens is 181 g/mol. The first-order valence-corrected chi connectivity index (χ1v) is 4.58. The van der Waals surface area contributed by atoms with Crippen molar-refractivity contribution in [1.82, 2.24) is 5.32 Å². The number of carbonyl (C=O) groups is 1. The van der Waals surface area contributed by atoms with Crippen LogP contribution in [0.4, 0.5) is 4.39 Å². The molecule has 0 aliphatic rings. The van der Waals surface area contributed by atoms with Crippen LogP contribution in [-0.4, -0.2) is 18.9 Å². The SMILES string of the molecule is CNC(C)C(=O)Cc1ccccc1F. The number of ketones is 1. The Bertz CT molecular complexity index is 325. The van der Waals surface area contributed by atoms with Crippen LogP contribution in [0.5, 0.6) is 0 Å². The van der Waals surface area contributed by atoms with Crippen LogP contribution in [0, 0.1) is 5.82 Å². The van der Waals surface area contributed by atoms with Crippen molar-refractivity contribution in [2.24, 2.45) is 0 Å². The highest BCUT2D eigenvalue weighted by Gasteiger charge is 2.12. The van der Waals surface area contributed by atoms with Gasteiger partial charge >= 0.3 is 0 Å². The van der Waals surface area contributed by atoms with E-state index in [4.69, 9.17) is 0 Å². The number of hydrogen-bond acceptors (Lipinski definition) is 2. The minimum atomic E-state index is -0.316. The van der Waals surface area contributed by atoms with Crippen LogP contribution >= 0.6 is 0 Å². The zero-order chi connectivity index (χ0) is 10.6. The van der Waals surface area contributed by atoms with E-state index in [0.29, 0.717) is 5.56 Å². The fourth-order valence-electron chi connectivity index (χ4n) is 1.14. The van der Waals surface area contributed by atoms with Crippen molar-refractivity contribution in [1.29, 1.82) is 0 Å². The molecule has 0 aromatic heterocycles. The Labute approximate surface area is 83.1 Å². The number of likely N-dealkylation sites (N-methyl/N-ethyl adjacent to an activating group) is 1. The number of Topliss-reactive ketones (excluding diaryl/α,β-unsaturated/α-hetero) is 1. The van der Waals surface area contributed by atoms with Crippen LogP contribution in [0.2, 0.25) is 0 Å². The zero-order valence-corrected chi connectivity index (χ0v) is 8.38. The van der Waals surface area contributed by atoms with Gasteiger partial charge in [-0.3, -0.25) is 4.79 Å². The first-order valence-electron chi connectivity index (χ1n) is 4.58. The Morgan fingerprint density at radius 3 is 2.71 bits per heavy atom. The van der Waals surface area contributed by atoms with Gasteiger partial charge in [0.15, 0.2) is 5.78 Å². The van der Waals surface area contributed by atoms with Gasteiger partial charge in [-0.2, -0.15) is 0 Å². The molecule has 0 saturated heterocycles. The van der Waals surface area contributed by atoms with Gasteiger partial charge in [-0.15, -0.1) is 0 Å². The van der Waals surface area contributed by atoms with Crippen LogP contribution in [0.15, 0.2) is 24.3 Å². The Kier molecular flexibility index (Phi) is 3.77. The average molecular weight is 195 g/mol. The summed E-state index contributed by atoms with van der Waals surface area (Å²) in [7, 11) is 1.71. The number of halogens is 1. The van der Waals surface area contributed by atoms with E-state index in [9.17, 15) is 9.18 Å². The molecule has 0 fully saturated rings. The van der Waals surface area contributed by atoms with E-state index in [1.54, 1.807) is 32.2 Å². The lowest BCUT2D eigenvalue weighted by Gasteiger charge is -2.08. The van der Waals surface area contributed by atoms with Crippen molar-refractivity contribution in [3.8, 4) is 0 Å². The van der Waals surface area contributed by atoms with E-state index in [-0.39, 0.29) is 24.1 Å². The highest BCUT2D eigenvalue weighted by molar-refractivity contribution is 5.85. The first kappa shape index (κ1) is 10.9. The van der Waals surface area contributed by atoms with E-state index in [0.717, 1.165) is 0 Å². The normalized spacial score (nSPS) is 12.5. The smallest absolute Gasteiger partial charge is 0.153 e. The third-order valence-electron chi connectivity index (χ3n) is 2.24. The molecule has 1 atom stereocenters. The van der Waals surface area contributed by atoms with Crippen LogP contribution in [0.25, 0.3) is 0 Å². The van der Waals surface area contributed by atoms with Gasteiger partial charge in [-0.25, -0.2) is 4.39 Å². The summed E-state index contributed by atoms with van der Waals surface area (Å²) in [6, 6.07) is 6.12. The summed E-state index contributed by atoms with van der Waals surface area (Å²) < 4.78 is 13.1. The highest BCUT2D eigenvalue weighted by Crippen LogP contribution is 2.08. The van der Waals surface area contributed by atoms with Crippen LogP contribution < -0.4 is 5.32 Å². The van der Waals surface area contributed by atoms with E-state index < -0.39 is 0 Å². The summed E-state index contributed by atoms with van der Waals surface area (Å²) in [6.45, 7) is 1.77. The molecule has 0 aliphatic carbocycles. The van der Waals surface area contributed by atoms with Crippen LogP contribution in [0.1, 0.15) is 12.5 Å². The van der Waals surface area contributed by atoms with Crippen LogP contribution in [-0.2, 0) is 11.2 Å². The molecule has 3 heteroatoms. The number of rotatable bonds is 4. The van der Waals surface area contributed by atoms with Gasteiger partial charge in [-0.1, -0.05) is 18.2 Å². The van der Waals surface area contributed by atoms with Gasteiger partial charge in [0.1, 0.15) is 5.82 Å². The molecule has 0 aliphatic heterocycles. The molecule has 2 nitrogen and oxygen atoms in total. The quantitative estimate of drug-likeness (QED) is 0.789. The fraction of sp³-hybridized carbons (Fsp3) is 0.364. The number of carbonyl (C=O) groups excluding carboxylic acids is 1. The summed E-state index contributed by atoms with van der Waals surface area (Å²) in [5.74, 6) is -0.318. The number of nitrogens with one attached hydrogen (secondary N) is 1. The molecule has 76 valence electrons. The lowest BCUT2D eigenvalue weighted by molar-refractivity contribution is -0.119. The number of hydrogen-bond donors (Lipinski definition) is 1. The molecule has 0 bridgehead atoms. The maximum atomic E-state index is 13.1. The van der Waals surface area contributed by atoms with Crippen molar-refractivity contribution in [3.63, 3.8) is 0 Å². The van der Waals surface area contributed by atoms with Gasteiger partial charge in [0.05, 0.1) is 6.04 Å². The predicted octanol–water partition coefficient (Wildman–Crippen LogP) is 1.55. The van der Waals surface area contributed by atoms with Crippen molar-refractivity contribution in [2.75, 3.05) is 7.05 Å². The molecular formula is C11H14FNO. The third-order valence-corrected chi connectivity index (χ3v) is 2.24. The first-order chi connectivity index (χ1) is 6.65. The summed E-state index contributed by atoms with van der Waals surface area (Å²) in [6.07, 6.45) is 0.147. The van der Waals surface area contributed by atoms with E-state index in [1.807, 2.05) is 0 Å². The van der Waals surface area contributed by atoms with Crippen molar-refractivity contribution >= 4 is 5.78 Å². The molecule has 0 spiro atoms. The Hall–Kier alpha value is -1.22. The Morgan fingerprint density at radius 2 is 2.14 bits per heavy atom. The highest BCUT2D eigenvalue weighted by atomic mass is 19.1. The largest absolute Gasteiger partial charge is 0.311 e. The molecule has 1 aromatic carbocycles. The summed E-state index contributed by atoms with van der Waals surface area (Å²) in [4.78, 5) is 11.5. The monoisotopic (exact) mass is 195 g/mol. The van der Waals surface area contributed by atoms with Crippen molar-refractivity contribution in [2.45, 2.75) is 19.4 Å². The summed E-state index contributed by atoms with van der Waals surface area (Å²) in [5.41, 5.74) is 0.458. The molecule has 0 saturated carbocycles. The lowest BCUT2D eigenvalue weighted by atomic mass is 10.0. The van der Waals surface area contributed by atoms with E-state index in [1.165, 1.54) is 6.07 Å². The second-order valence-electron chi connectivity index (χ2n) is 3.24. The van der Waals surface area contributed by atoms with Gasteiger partial charge in [0.25, 0.3) is 0 Å². The standard InChI is InChI=1S/C11H14FNO/c1-8(13-2)11(14)7-9-5-3-4-6-10(9)12/h3-6,8,13H,7H2,1-2H3. The van der Waals surface area contributed by atoms with Gasteiger partial charge in [0, 0.05) is 6.42 Å². The lowest BCUT2D eigenvalue weighted by Crippen LogP contribution is -2.32. The fourth-order valence-corrected chi connectivity index (χ4v) is 1.14. The topological polar surface area (TPSA) is 29.1 Å². The van der Waals surface area contributed by atoms with Gasteiger partial charge in [0.2, 0.25) is 0 Å². The predicted molar refractivity (Wildman–Crippen MR) is 53.6 cm³/mol. The molecule has 1 N–H and O–H groups in total.